The summed E-state index contributed by atoms with van der Waals surface area (Å²) in [4.78, 5) is 32.6. The molecule has 0 radical (unpaired) electrons. The van der Waals surface area contributed by atoms with E-state index in [0.717, 1.165) is 30.7 Å². The fraction of sp³-hybridized carbons (Fsp3) is 0.421. The first kappa shape index (κ1) is 19.3. The van der Waals surface area contributed by atoms with Gasteiger partial charge in [-0.1, -0.05) is 12.1 Å². The van der Waals surface area contributed by atoms with E-state index in [4.69, 9.17) is 0 Å². The van der Waals surface area contributed by atoms with Crippen LogP contribution in [0.2, 0.25) is 0 Å². The van der Waals surface area contributed by atoms with E-state index in [1.807, 2.05) is 0 Å². The van der Waals surface area contributed by atoms with Crippen molar-refractivity contribution < 1.29 is 4.39 Å². The maximum Gasteiger partial charge on any atom is 0.332 e. The van der Waals surface area contributed by atoms with Gasteiger partial charge in [-0.3, -0.25) is 19.4 Å². The minimum atomic E-state index is -0.462. The van der Waals surface area contributed by atoms with Crippen LogP contribution in [0.25, 0.3) is 11.2 Å². The summed E-state index contributed by atoms with van der Waals surface area (Å²) in [6, 6.07) is 5.75. The number of aryl methyl sites for hydroxylation is 2. The summed E-state index contributed by atoms with van der Waals surface area (Å²) in [6.07, 6.45) is 0. The third-order valence-electron chi connectivity index (χ3n) is 5.38. The Balaban J connectivity index is 1.74. The van der Waals surface area contributed by atoms with Gasteiger partial charge in [0.1, 0.15) is 5.82 Å². The molecule has 1 N–H and O–H groups in total. The standard InChI is InChI=1S/C19H24FN7O2/c1-23-8-10-26(11-9-23)22-18-21-16-15(24(18)2)17(28)27(19(29)25(16)3)12-13-4-6-14(20)7-5-13/h4-7H,8-12H2,1-3H3,(H,21,22). The van der Waals surface area contributed by atoms with E-state index < -0.39 is 11.2 Å². The molecule has 29 heavy (non-hydrogen) atoms. The van der Waals surface area contributed by atoms with Crippen molar-refractivity contribution in [2.45, 2.75) is 6.54 Å². The molecule has 0 atom stereocenters. The average molecular weight is 401 g/mol. The van der Waals surface area contributed by atoms with Gasteiger partial charge < -0.3 is 9.47 Å². The maximum atomic E-state index is 13.2. The predicted molar refractivity (Wildman–Crippen MR) is 108 cm³/mol. The van der Waals surface area contributed by atoms with Crippen LogP contribution in [0, 0.1) is 5.82 Å². The fourth-order valence-electron chi connectivity index (χ4n) is 3.51. The smallest absolute Gasteiger partial charge is 0.306 e. The van der Waals surface area contributed by atoms with Gasteiger partial charge in [0.25, 0.3) is 5.56 Å². The molecule has 10 heteroatoms. The molecule has 0 aliphatic carbocycles. The van der Waals surface area contributed by atoms with Gasteiger partial charge in [0.2, 0.25) is 5.95 Å². The highest BCUT2D eigenvalue weighted by atomic mass is 19.1. The number of likely N-dealkylation sites (N-methyl/N-ethyl adjacent to an activating group) is 1. The third kappa shape index (κ3) is 3.56. The van der Waals surface area contributed by atoms with Crippen molar-refractivity contribution in [3.63, 3.8) is 0 Å². The Labute approximate surface area is 166 Å². The number of hydrazine groups is 1. The second-order valence-electron chi connectivity index (χ2n) is 7.43. The molecular weight excluding hydrogens is 377 g/mol. The number of hydrogen-bond acceptors (Lipinski definition) is 6. The second-order valence-corrected chi connectivity index (χ2v) is 7.43. The van der Waals surface area contributed by atoms with Gasteiger partial charge in [0.05, 0.1) is 6.54 Å². The molecule has 3 heterocycles. The monoisotopic (exact) mass is 401 g/mol. The number of anilines is 1. The van der Waals surface area contributed by atoms with Crippen LogP contribution in [0.15, 0.2) is 33.9 Å². The summed E-state index contributed by atoms with van der Waals surface area (Å²) >= 11 is 0. The van der Waals surface area contributed by atoms with E-state index in [2.05, 4.69) is 27.4 Å². The van der Waals surface area contributed by atoms with Crippen LogP contribution in [-0.4, -0.2) is 61.8 Å². The first-order valence-electron chi connectivity index (χ1n) is 9.46. The van der Waals surface area contributed by atoms with Gasteiger partial charge in [-0.25, -0.2) is 14.2 Å². The van der Waals surface area contributed by atoms with E-state index in [-0.39, 0.29) is 12.4 Å². The number of nitrogens with zero attached hydrogens (tertiary/aromatic N) is 6. The number of halogens is 1. The number of nitrogens with one attached hydrogen (secondary N) is 1. The van der Waals surface area contributed by atoms with Gasteiger partial charge in [-0.15, -0.1) is 0 Å². The molecule has 154 valence electrons. The highest BCUT2D eigenvalue weighted by Gasteiger charge is 2.21. The summed E-state index contributed by atoms with van der Waals surface area (Å²) in [5, 5.41) is 2.05. The van der Waals surface area contributed by atoms with Crippen molar-refractivity contribution in [3.8, 4) is 0 Å². The van der Waals surface area contributed by atoms with E-state index in [1.54, 1.807) is 30.8 Å². The third-order valence-corrected chi connectivity index (χ3v) is 5.38. The van der Waals surface area contributed by atoms with Crippen molar-refractivity contribution >= 4 is 17.1 Å². The summed E-state index contributed by atoms with van der Waals surface area (Å²) < 4.78 is 17.4. The highest BCUT2D eigenvalue weighted by Crippen LogP contribution is 2.15. The molecule has 0 saturated carbocycles. The van der Waals surface area contributed by atoms with Crippen LogP contribution in [0.3, 0.4) is 0 Å². The lowest BCUT2D eigenvalue weighted by molar-refractivity contribution is 0.177. The summed E-state index contributed by atoms with van der Waals surface area (Å²) in [7, 11) is 5.42. The Morgan fingerprint density at radius 2 is 1.66 bits per heavy atom. The Kier molecular flexibility index (Phi) is 4.97. The van der Waals surface area contributed by atoms with Crippen LogP contribution in [0.4, 0.5) is 10.3 Å². The molecule has 2 aromatic heterocycles. The summed E-state index contributed by atoms with van der Waals surface area (Å²) in [5.74, 6) is 0.145. The minimum absolute atomic E-state index is 0.0636. The highest BCUT2D eigenvalue weighted by molar-refractivity contribution is 5.74. The zero-order valence-corrected chi connectivity index (χ0v) is 16.7. The molecule has 0 bridgehead atoms. The van der Waals surface area contributed by atoms with E-state index in [0.29, 0.717) is 22.7 Å². The molecule has 4 rings (SSSR count). The Bertz CT molecular complexity index is 1150. The SMILES string of the molecule is CN1CCN(Nc2nc3c(c(=O)n(Cc4ccc(F)cc4)c(=O)n3C)n2C)CC1. The Morgan fingerprint density at radius 1 is 1.00 bits per heavy atom. The van der Waals surface area contributed by atoms with Gasteiger partial charge >= 0.3 is 5.69 Å². The average Bonchev–Trinajstić information content (AvgIpc) is 3.03. The Hall–Kier alpha value is -2.98. The van der Waals surface area contributed by atoms with Crippen molar-refractivity contribution in [2.75, 3.05) is 38.7 Å². The molecule has 1 aromatic carbocycles. The fourth-order valence-corrected chi connectivity index (χ4v) is 3.51. The number of hydrogen-bond donors (Lipinski definition) is 1. The van der Waals surface area contributed by atoms with E-state index >= 15 is 0 Å². The second kappa shape index (κ2) is 7.45. The van der Waals surface area contributed by atoms with Crippen molar-refractivity contribution in [1.82, 2.24) is 28.6 Å². The number of piperazine rings is 1. The van der Waals surface area contributed by atoms with Crippen LogP contribution in [0.5, 0.6) is 0 Å². The van der Waals surface area contributed by atoms with Gasteiger partial charge in [0, 0.05) is 40.3 Å². The molecule has 0 spiro atoms. The van der Waals surface area contributed by atoms with Crippen molar-refractivity contribution in [3.05, 3.63) is 56.5 Å². The first-order valence-corrected chi connectivity index (χ1v) is 9.46. The molecule has 1 aliphatic heterocycles. The lowest BCUT2D eigenvalue weighted by Gasteiger charge is -2.32. The normalized spacial score (nSPS) is 15.9. The molecule has 0 amide bonds. The lowest BCUT2D eigenvalue weighted by Crippen LogP contribution is -2.47. The molecule has 0 unspecified atom stereocenters. The van der Waals surface area contributed by atoms with Crippen LogP contribution in [0.1, 0.15) is 5.56 Å². The summed E-state index contributed by atoms with van der Waals surface area (Å²) in [5.41, 5.74) is 3.71. The van der Waals surface area contributed by atoms with E-state index in [1.165, 1.54) is 16.7 Å². The van der Waals surface area contributed by atoms with Gasteiger partial charge in [-0.05, 0) is 24.7 Å². The Morgan fingerprint density at radius 3 is 2.31 bits per heavy atom. The van der Waals surface area contributed by atoms with Crippen molar-refractivity contribution in [1.29, 1.82) is 0 Å². The molecule has 1 fully saturated rings. The van der Waals surface area contributed by atoms with Crippen LogP contribution in [-0.2, 0) is 20.6 Å². The van der Waals surface area contributed by atoms with Crippen LogP contribution >= 0.6 is 0 Å². The molecule has 9 nitrogen and oxygen atoms in total. The zero-order valence-electron chi connectivity index (χ0n) is 16.7. The van der Waals surface area contributed by atoms with E-state index in [9.17, 15) is 14.0 Å². The zero-order chi connectivity index (χ0) is 20.7. The molecule has 1 aliphatic rings. The number of fused-ring (bicyclic) bond motifs is 1. The topological polar surface area (TPSA) is 80.3 Å². The predicted octanol–water partition coefficient (Wildman–Crippen LogP) is 0.195. The van der Waals surface area contributed by atoms with Crippen molar-refractivity contribution in [2.24, 2.45) is 14.1 Å². The molecule has 3 aromatic rings. The number of imidazole rings is 1. The maximum absolute atomic E-state index is 13.2. The molecule has 1 saturated heterocycles. The quantitative estimate of drug-likeness (QED) is 0.673. The van der Waals surface area contributed by atoms with Gasteiger partial charge in [-0.2, -0.15) is 4.98 Å². The number of aromatic nitrogens is 4. The lowest BCUT2D eigenvalue weighted by atomic mass is 10.2. The number of benzene rings is 1. The minimum Gasteiger partial charge on any atom is -0.306 e. The first-order chi connectivity index (χ1) is 13.8. The summed E-state index contributed by atoms with van der Waals surface area (Å²) in [6.45, 7) is 3.58. The van der Waals surface area contributed by atoms with Gasteiger partial charge in [0.15, 0.2) is 11.2 Å². The molecular formula is C19H24FN7O2. The van der Waals surface area contributed by atoms with Crippen LogP contribution < -0.4 is 16.7 Å². The largest absolute Gasteiger partial charge is 0.332 e. The number of rotatable bonds is 4.